The molecule has 0 radical (unpaired) electrons. The molecule has 3 aromatic rings. The van der Waals surface area contributed by atoms with Crippen LogP contribution in [0.3, 0.4) is 0 Å². The SMILES string of the molecule is CCCCOc1ccc(-c2ccc(C3=CCC(OC(=O)C4CC=C(c5ccc(C)c(F)c5F)CC4)CC3)cc2)c(F)c1F. The summed E-state index contributed by atoms with van der Waals surface area (Å²) in [5, 5.41) is 0. The Morgan fingerprint density at radius 2 is 1.44 bits per heavy atom. The molecule has 226 valence electrons. The Kier molecular flexibility index (Phi) is 9.69. The van der Waals surface area contributed by atoms with E-state index in [1.807, 2.05) is 25.1 Å². The normalized spacial score (nSPS) is 18.6. The second kappa shape index (κ2) is 13.6. The third kappa shape index (κ3) is 6.87. The van der Waals surface area contributed by atoms with Crippen LogP contribution < -0.4 is 4.74 Å². The van der Waals surface area contributed by atoms with E-state index in [2.05, 4.69) is 6.08 Å². The number of ether oxygens (including phenoxy) is 2. The number of esters is 1. The van der Waals surface area contributed by atoms with E-state index in [0.717, 1.165) is 36.0 Å². The first-order valence-corrected chi connectivity index (χ1v) is 15.0. The predicted molar refractivity (Wildman–Crippen MR) is 160 cm³/mol. The molecule has 3 nitrogen and oxygen atoms in total. The molecular weight excluding hydrogens is 556 g/mol. The van der Waals surface area contributed by atoms with E-state index in [0.29, 0.717) is 44.3 Å². The summed E-state index contributed by atoms with van der Waals surface area (Å²) in [5.74, 6) is -4.21. The van der Waals surface area contributed by atoms with Gasteiger partial charge in [0.15, 0.2) is 23.2 Å². The van der Waals surface area contributed by atoms with Gasteiger partial charge in [0, 0.05) is 17.5 Å². The van der Waals surface area contributed by atoms with Crippen LogP contribution in [0.25, 0.3) is 22.3 Å². The second-order valence-corrected chi connectivity index (χ2v) is 11.3. The smallest absolute Gasteiger partial charge is 0.309 e. The van der Waals surface area contributed by atoms with Crippen molar-refractivity contribution >= 4 is 17.1 Å². The van der Waals surface area contributed by atoms with Crippen molar-refractivity contribution in [3.8, 4) is 16.9 Å². The lowest BCUT2D eigenvalue weighted by Gasteiger charge is -2.26. The monoisotopic (exact) mass is 592 g/mol. The number of rotatable bonds is 9. The van der Waals surface area contributed by atoms with Gasteiger partial charge in [-0.05, 0) is 85.4 Å². The summed E-state index contributed by atoms with van der Waals surface area (Å²) in [5.41, 5.74) is 4.10. The molecular formula is C36H36F4O3. The Morgan fingerprint density at radius 1 is 0.767 bits per heavy atom. The minimum Gasteiger partial charge on any atom is -0.490 e. The van der Waals surface area contributed by atoms with Gasteiger partial charge >= 0.3 is 5.97 Å². The number of hydrogen-bond donors (Lipinski definition) is 0. The number of hydrogen-bond acceptors (Lipinski definition) is 3. The zero-order valence-corrected chi connectivity index (χ0v) is 24.5. The van der Waals surface area contributed by atoms with Crippen LogP contribution in [-0.4, -0.2) is 18.7 Å². The van der Waals surface area contributed by atoms with Gasteiger partial charge in [-0.1, -0.05) is 61.9 Å². The Balaban J connectivity index is 1.16. The molecule has 0 spiro atoms. The first-order chi connectivity index (χ1) is 20.8. The molecule has 0 saturated carbocycles. The quantitative estimate of drug-likeness (QED) is 0.141. The van der Waals surface area contributed by atoms with Gasteiger partial charge in [0.1, 0.15) is 6.10 Å². The summed E-state index contributed by atoms with van der Waals surface area (Å²) in [6.45, 7) is 3.87. The molecule has 0 saturated heterocycles. The first-order valence-electron chi connectivity index (χ1n) is 15.0. The maximum absolute atomic E-state index is 14.8. The van der Waals surface area contributed by atoms with Gasteiger partial charge < -0.3 is 9.47 Å². The van der Waals surface area contributed by atoms with Crippen LogP contribution in [0.1, 0.15) is 75.0 Å². The molecule has 0 heterocycles. The average Bonchev–Trinajstić information content (AvgIpc) is 3.03. The first kappa shape index (κ1) is 30.6. The highest BCUT2D eigenvalue weighted by molar-refractivity contribution is 5.76. The van der Waals surface area contributed by atoms with E-state index < -0.39 is 23.3 Å². The molecule has 0 amide bonds. The Bertz CT molecular complexity index is 1540. The Hall–Kier alpha value is -3.87. The van der Waals surface area contributed by atoms with Gasteiger partial charge in [-0.3, -0.25) is 4.79 Å². The molecule has 43 heavy (non-hydrogen) atoms. The summed E-state index contributed by atoms with van der Waals surface area (Å²) in [4.78, 5) is 12.9. The number of carbonyl (C=O) groups excluding carboxylic acids is 1. The van der Waals surface area contributed by atoms with Crippen molar-refractivity contribution in [2.24, 2.45) is 5.92 Å². The molecule has 2 atom stereocenters. The molecule has 0 bridgehead atoms. The fraction of sp³-hybridized carbons (Fsp3) is 0.361. The van der Waals surface area contributed by atoms with Crippen LogP contribution in [-0.2, 0) is 9.53 Å². The van der Waals surface area contributed by atoms with Gasteiger partial charge in [0.05, 0.1) is 12.5 Å². The standard InChI is InChI=1S/C36H36F4O3/c1-3-4-21-42-31-20-19-30(34(39)35(31)40)25-8-6-23(7-9-25)24-14-16-28(17-15-24)43-36(41)27-12-10-26(11-13-27)29-18-5-22(2)32(37)33(29)38/h5-10,14,18-20,27-28H,3-4,11-13,15-17,21H2,1-2H3. The molecule has 2 aliphatic rings. The van der Waals surface area contributed by atoms with Crippen molar-refractivity contribution in [2.45, 2.75) is 71.3 Å². The number of benzene rings is 3. The van der Waals surface area contributed by atoms with Crippen LogP contribution in [0.5, 0.6) is 5.75 Å². The molecule has 0 fully saturated rings. The lowest BCUT2D eigenvalue weighted by molar-refractivity contribution is -0.154. The van der Waals surface area contributed by atoms with Crippen LogP contribution in [0, 0.1) is 36.1 Å². The third-order valence-electron chi connectivity index (χ3n) is 8.38. The number of unbranched alkanes of at least 4 members (excludes halogenated alkanes) is 1. The molecule has 2 unspecified atom stereocenters. The van der Waals surface area contributed by atoms with Crippen molar-refractivity contribution in [3.63, 3.8) is 0 Å². The largest absolute Gasteiger partial charge is 0.490 e. The highest BCUT2D eigenvalue weighted by Crippen LogP contribution is 2.36. The summed E-state index contributed by atoms with van der Waals surface area (Å²) < 4.78 is 68.9. The molecule has 2 aliphatic carbocycles. The van der Waals surface area contributed by atoms with Gasteiger partial charge in [-0.15, -0.1) is 0 Å². The Morgan fingerprint density at radius 3 is 2.12 bits per heavy atom. The second-order valence-electron chi connectivity index (χ2n) is 11.3. The molecule has 7 heteroatoms. The van der Waals surface area contributed by atoms with Gasteiger partial charge in [-0.2, -0.15) is 4.39 Å². The number of halogens is 4. The van der Waals surface area contributed by atoms with Gasteiger partial charge in [-0.25, -0.2) is 13.2 Å². The minimum atomic E-state index is -0.978. The maximum atomic E-state index is 14.8. The third-order valence-corrected chi connectivity index (χ3v) is 8.38. The van der Waals surface area contributed by atoms with Gasteiger partial charge in [0.25, 0.3) is 0 Å². The van der Waals surface area contributed by atoms with Crippen molar-refractivity contribution in [2.75, 3.05) is 6.61 Å². The minimum absolute atomic E-state index is 0.0760. The van der Waals surface area contributed by atoms with Crippen LogP contribution in [0.4, 0.5) is 17.6 Å². The van der Waals surface area contributed by atoms with Crippen molar-refractivity contribution in [3.05, 3.63) is 101 Å². The zero-order valence-electron chi connectivity index (χ0n) is 24.5. The summed E-state index contributed by atoms with van der Waals surface area (Å²) in [7, 11) is 0. The maximum Gasteiger partial charge on any atom is 0.309 e. The lowest BCUT2D eigenvalue weighted by atomic mass is 9.86. The highest BCUT2D eigenvalue weighted by Gasteiger charge is 2.28. The molecule has 0 aliphatic heterocycles. The summed E-state index contributed by atoms with van der Waals surface area (Å²) >= 11 is 0. The number of carbonyl (C=O) groups is 1. The molecule has 5 rings (SSSR count). The van der Waals surface area contributed by atoms with Crippen LogP contribution in [0.2, 0.25) is 0 Å². The molecule has 3 aromatic carbocycles. The van der Waals surface area contributed by atoms with Crippen molar-refractivity contribution in [1.82, 2.24) is 0 Å². The molecule has 0 N–H and O–H groups in total. The fourth-order valence-electron chi connectivity index (χ4n) is 5.68. The van der Waals surface area contributed by atoms with Crippen LogP contribution in [0.15, 0.2) is 60.7 Å². The van der Waals surface area contributed by atoms with E-state index in [9.17, 15) is 22.4 Å². The van der Waals surface area contributed by atoms with E-state index in [-0.39, 0.29) is 40.4 Å². The summed E-state index contributed by atoms with van der Waals surface area (Å²) in [6, 6.07) is 13.5. The highest BCUT2D eigenvalue weighted by atomic mass is 19.2. The van der Waals surface area contributed by atoms with Crippen molar-refractivity contribution < 1.29 is 31.8 Å². The van der Waals surface area contributed by atoms with Gasteiger partial charge in [0.2, 0.25) is 5.82 Å². The molecule has 0 aromatic heterocycles. The average molecular weight is 593 g/mol. The van der Waals surface area contributed by atoms with E-state index >= 15 is 0 Å². The van der Waals surface area contributed by atoms with Crippen LogP contribution >= 0.6 is 0 Å². The lowest BCUT2D eigenvalue weighted by Crippen LogP contribution is -2.26. The van der Waals surface area contributed by atoms with E-state index in [1.54, 1.807) is 24.3 Å². The van der Waals surface area contributed by atoms with Crippen molar-refractivity contribution in [1.29, 1.82) is 0 Å². The zero-order chi connectivity index (χ0) is 30.5. The topological polar surface area (TPSA) is 35.5 Å². The predicted octanol–water partition coefficient (Wildman–Crippen LogP) is 9.76. The van der Waals surface area contributed by atoms with E-state index in [4.69, 9.17) is 9.47 Å². The summed E-state index contributed by atoms with van der Waals surface area (Å²) in [6.07, 6.45) is 8.76. The fourth-order valence-corrected chi connectivity index (χ4v) is 5.68. The number of allylic oxidation sites excluding steroid dienone is 3. The number of aryl methyl sites for hydroxylation is 1. The van der Waals surface area contributed by atoms with E-state index in [1.165, 1.54) is 19.1 Å². The Labute approximate surface area is 250 Å².